The average Bonchev–Trinajstić information content (AvgIpc) is 3.29. The molecular formula is C14H17F3O5. The van der Waals surface area contributed by atoms with Crippen LogP contribution in [0.1, 0.15) is 11.7 Å². The van der Waals surface area contributed by atoms with Crippen LogP contribution in [0.25, 0.3) is 0 Å². The van der Waals surface area contributed by atoms with Gasteiger partial charge in [-0.15, -0.1) is 0 Å². The van der Waals surface area contributed by atoms with Crippen LogP contribution in [0, 0.1) is 0 Å². The van der Waals surface area contributed by atoms with Gasteiger partial charge in [0.1, 0.15) is 6.10 Å². The first-order valence-corrected chi connectivity index (χ1v) is 6.50. The van der Waals surface area contributed by atoms with Crippen LogP contribution in [0.4, 0.5) is 13.2 Å². The normalized spacial score (nSPS) is 18.7. The minimum atomic E-state index is -4.57. The van der Waals surface area contributed by atoms with Gasteiger partial charge in [0.05, 0.1) is 34.5 Å². The molecule has 1 saturated heterocycles. The van der Waals surface area contributed by atoms with Crippen LogP contribution in [0.3, 0.4) is 0 Å². The molecule has 1 fully saturated rings. The summed E-state index contributed by atoms with van der Waals surface area (Å²) in [5.74, 6) is 0.495. The molecule has 5 nitrogen and oxygen atoms in total. The molecule has 0 aromatic heterocycles. The molecule has 0 aliphatic carbocycles. The number of epoxide rings is 1. The molecule has 2 atom stereocenters. The Morgan fingerprint density at radius 3 is 2.05 bits per heavy atom. The summed E-state index contributed by atoms with van der Waals surface area (Å²) in [6.45, 7) is 0.292. The summed E-state index contributed by atoms with van der Waals surface area (Å²) >= 11 is 0. The zero-order chi connectivity index (χ0) is 16.3. The summed E-state index contributed by atoms with van der Waals surface area (Å²) in [6, 6.07) is 2.46. The Morgan fingerprint density at radius 2 is 1.68 bits per heavy atom. The molecule has 0 N–H and O–H groups in total. The van der Waals surface area contributed by atoms with Gasteiger partial charge in [0.2, 0.25) is 5.75 Å². The largest absolute Gasteiger partial charge is 0.493 e. The zero-order valence-corrected chi connectivity index (χ0v) is 12.4. The van der Waals surface area contributed by atoms with E-state index in [1.807, 2.05) is 0 Å². The fourth-order valence-electron chi connectivity index (χ4n) is 2.00. The molecule has 2 unspecified atom stereocenters. The maximum atomic E-state index is 13.3. The third-order valence-corrected chi connectivity index (χ3v) is 3.14. The zero-order valence-electron chi connectivity index (χ0n) is 12.4. The van der Waals surface area contributed by atoms with Gasteiger partial charge in [-0.3, -0.25) is 0 Å². The van der Waals surface area contributed by atoms with Crippen LogP contribution >= 0.6 is 0 Å². The molecule has 1 aliphatic rings. The van der Waals surface area contributed by atoms with E-state index < -0.39 is 12.3 Å². The smallest absolute Gasteiger partial charge is 0.418 e. The highest BCUT2D eigenvalue weighted by molar-refractivity contribution is 5.54. The van der Waals surface area contributed by atoms with Crippen LogP contribution < -0.4 is 14.2 Å². The highest BCUT2D eigenvalue weighted by Gasteiger charge is 2.43. The Bertz CT molecular complexity index is 489. The van der Waals surface area contributed by atoms with Gasteiger partial charge in [-0.2, -0.15) is 13.2 Å². The topological polar surface area (TPSA) is 49.5 Å². The van der Waals surface area contributed by atoms with Crippen molar-refractivity contribution in [1.29, 1.82) is 0 Å². The summed E-state index contributed by atoms with van der Waals surface area (Å²) in [4.78, 5) is 0. The van der Waals surface area contributed by atoms with Crippen LogP contribution in [-0.4, -0.2) is 46.8 Å². The number of alkyl halides is 3. The number of rotatable bonds is 7. The first-order chi connectivity index (χ1) is 10.4. The van der Waals surface area contributed by atoms with Gasteiger partial charge in [-0.1, -0.05) is 0 Å². The molecule has 1 aliphatic heterocycles. The molecule has 1 heterocycles. The fraction of sp³-hybridized carbons (Fsp3) is 0.571. The minimum Gasteiger partial charge on any atom is -0.493 e. The predicted octanol–water partition coefficient (Wildman–Crippen LogP) is 2.73. The molecule has 0 amide bonds. The van der Waals surface area contributed by atoms with Crippen molar-refractivity contribution in [3.8, 4) is 17.2 Å². The van der Waals surface area contributed by atoms with Gasteiger partial charge in [0, 0.05) is 0 Å². The predicted molar refractivity (Wildman–Crippen MR) is 70.6 cm³/mol. The number of hydrogen-bond acceptors (Lipinski definition) is 5. The van der Waals surface area contributed by atoms with Gasteiger partial charge >= 0.3 is 6.18 Å². The number of ether oxygens (including phenoxy) is 5. The standard InChI is InChI=1S/C14H17F3O5/c1-18-10-4-8(5-11(19-2)12(10)20-3)13(14(15,16)17)22-7-9-6-21-9/h4-5,9,13H,6-7H2,1-3H3. The number of hydrogen-bond donors (Lipinski definition) is 0. The lowest BCUT2D eigenvalue weighted by Gasteiger charge is -2.23. The van der Waals surface area contributed by atoms with E-state index in [1.165, 1.54) is 33.5 Å². The van der Waals surface area contributed by atoms with Crippen molar-refractivity contribution in [2.45, 2.75) is 18.4 Å². The Balaban J connectivity index is 2.36. The fourth-order valence-corrected chi connectivity index (χ4v) is 2.00. The summed E-state index contributed by atoms with van der Waals surface area (Å²) in [7, 11) is 4.05. The van der Waals surface area contributed by atoms with Crippen molar-refractivity contribution in [3.63, 3.8) is 0 Å². The lowest BCUT2D eigenvalue weighted by Crippen LogP contribution is -2.25. The molecule has 8 heteroatoms. The van der Waals surface area contributed by atoms with Crippen molar-refractivity contribution in [1.82, 2.24) is 0 Å². The van der Waals surface area contributed by atoms with Gasteiger partial charge < -0.3 is 23.7 Å². The SMILES string of the molecule is COc1cc(C(OCC2CO2)C(F)(F)F)cc(OC)c1OC. The van der Waals surface area contributed by atoms with E-state index in [9.17, 15) is 13.2 Å². The first kappa shape index (κ1) is 16.7. The molecule has 124 valence electrons. The molecule has 0 radical (unpaired) electrons. The van der Waals surface area contributed by atoms with E-state index in [0.29, 0.717) is 6.61 Å². The Labute approximate surface area is 125 Å². The molecule has 2 rings (SSSR count). The van der Waals surface area contributed by atoms with Gasteiger partial charge in [0.15, 0.2) is 17.6 Å². The van der Waals surface area contributed by atoms with Gasteiger partial charge in [-0.05, 0) is 17.7 Å². The van der Waals surface area contributed by atoms with Gasteiger partial charge in [0.25, 0.3) is 0 Å². The minimum absolute atomic E-state index is 0.123. The quantitative estimate of drug-likeness (QED) is 0.723. The van der Waals surface area contributed by atoms with Crippen LogP contribution in [0.15, 0.2) is 12.1 Å². The van der Waals surface area contributed by atoms with E-state index in [0.717, 1.165) is 0 Å². The second kappa shape index (κ2) is 6.62. The molecule has 0 spiro atoms. The van der Waals surface area contributed by atoms with Crippen molar-refractivity contribution < 1.29 is 36.9 Å². The average molecular weight is 322 g/mol. The summed E-state index contributed by atoms with van der Waals surface area (Å²) in [6.07, 6.45) is -6.93. The first-order valence-electron chi connectivity index (χ1n) is 6.50. The van der Waals surface area contributed by atoms with E-state index in [4.69, 9.17) is 23.7 Å². The number of benzene rings is 1. The summed E-state index contributed by atoms with van der Waals surface area (Å²) in [5, 5.41) is 0. The highest BCUT2D eigenvalue weighted by Crippen LogP contribution is 2.44. The van der Waals surface area contributed by atoms with E-state index in [-0.39, 0.29) is 35.5 Å². The molecule has 1 aromatic rings. The maximum Gasteiger partial charge on any atom is 0.418 e. The highest BCUT2D eigenvalue weighted by atomic mass is 19.4. The van der Waals surface area contributed by atoms with Crippen LogP contribution in [0.2, 0.25) is 0 Å². The van der Waals surface area contributed by atoms with Gasteiger partial charge in [-0.25, -0.2) is 0 Å². The monoisotopic (exact) mass is 322 g/mol. The van der Waals surface area contributed by atoms with Crippen LogP contribution in [-0.2, 0) is 9.47 Å². The lowest BCUT2D eigenvalue weighted by atomic mass is 10.1. The van der Waals surface area contributed by atoms with E-state index in [2.05, 4.69) is 0 Å². The molecule has 0 bridgehead atoms. The maximum absolute atomic E-state index is 13.3. The Kier molecular flexibility index (Phi) is 5.02. The van der Waals surface area contributed by atoms with Crippen molar-refractivity contribution >= 4 is 0 Å². The van der Waals surface area contributed by atoms with Crippen molar-refractivity contribution in [2.75, 3.05) is 34.5 Å². The third-order valence-electron chi connectivity index (χ3n) is 3.14. The Hall–Kier alpha value is -1.67. The second-order valence-electron chi connectivity index (χ2n) is 4.67. The third kappa shape index (κ3) is 3.75. The molecule has 22 heavy (non-hydrogen) atoms. The van der Waals surface area contributed by atoms with Crippen molar-refractivity contribution in [2.24, 2.45) is 0 Å². The molecular weight excluding hydrogens is 305 g/mol. The summed E-state index contributed by atoms with van der Waals surface area (Å²) < 4.78 is 64.8. The lowest BCUT2D eigenvalue weighted by molar-refractivity contribution is -0.224. The molecule has 0 saturated carbocycles. The van der Waals surface area contributed by atoms with Crippen molar-refractivity contribution in [3.05, 3.63) is 17.7 Å². The summed E-state index contributed by atoms with van der Waals surface area (Å²) in [5.41, 5.74) is -0.123. The number of halogens is 3. The Morgan fingerprint density at radius 1 is 1.14 bits per heavy atom. The van der Waals surface area contributed by atoms with Crippen LogP contribution in [0.5, 0.6) is 17.2 Å². The number of methoxy groups -OCH3 is 3. The second-order valence-corrected chi connectivity index (χ2v) is 4.67. The van der Waals surface area contributed by atoms with E-state index in [1.54, 1.807) is 0 Å². The van der Waals surface area contributed by atoms with E-state index >= 15 is 0 Å². The molecule has 1 aromatic carbocycles.